The Bertz CT molecular complexity index is 1630. The number of carbonyl (C=O) groups excluding carboxylic acids is 1. The number of furan rings is 1. The molecule has 1 amide bonds. The molecule has 2 aromatic carbocycles. The number of benzene rings is 2. The van der Waals surface area contributed by atoms with Gasteiger partial charge >= 0.3 is 0 Å². The van der Waals surface area contributed by atoms with E-state index in [1.54, 1.807) is 0 Å². The minimum atomic E-state index is 0.163. The van der Waals surface area contributed by atoms with Crippen molar-refractivity contribution in [3.8, 4) is 11.5 Å². The van der Waals surface area contributed by atoms with Crippen LogP contribution in [0.4, 0.5) is 0 Å². The van der Waals surface area contributed by atoms with Crippen LogP contribution in [-0.4, -0.2) is 41.2 Å². The molecule has 214 valence electrons. The van der Waals surface area contributed by atoms with Crippen LogP contribution in [0.15, 0.2) is 46.9 Å². The molecular formula is C36H42N2O3. The lowest BCUT2D eigenvalue weighted by atomic mass is 9.82. The fourth-order valence-corrected chi connectivity index (χ4v) is 8.41. The second-order valence-corrected chi connectivity index (χ2v) is 13.6. The molecule has 1 aliphatic heterocycles. The van der Waals surface area contributed by atoms with Crippen LogP contribution >= 0.6 is 0 Å². The van der Waals surface area contributed by atoms with Crippen molar-refractivity contribution >= 4 is 27.8 Å². The summed E-state index contributed by atoms with van der Waals surface area (Å²) in [6, 6.07) is 16.0. The third kappa shape index (κ3) is 4.26. The SMILES string of the molecule is COC1CCC(c2ccc3cc(-c4oc5cc(C(=O)N6CC7CCC6[C@@H]7C)ccc5c4C)n(CC4CC4)c3c2)CC1. The topological polar surface area (TPSA) is 47.6 Å². The molecule has 1 saturated heterocycles. The molecule has 8 rings (SSSR count). The van der Waals surface area contributed by atoms with Crippen molar-refractivity contribution in [2.24, 2.45) is 17.8 Å². The molecule has 3 saturated carbocycles. The van der Waals surface area contributed by atoms with Crippen molar-refractivity contribution in [2.75, 3.05) is 13.7 Å². The predicted octanol–water partition coefficient (Wildman–Crippen LogP) is 8.32. The summed E-state index contributed by atoms with van der Waals surface area (Å²) in [5.74, 6) is 3.75. The van der Waals surface area contributed by atoms with Gasteiger partial charge in [-0.15, -0.1) is 0 Å². The third-order valence-corrected chi connectivity index (χ3v) is 11.2. The van der Waals surface area contributed by atoms with E-state index in [1.807, 2.05) is 19.2 Å². The lowest BCUT2D eigenvalue weighted by molar-refractivity contribution is 0.0658. The van der Waals surface area contributed by atoms with E-state index in [1.165, 1.54) is 54.3 Å². The first-order valence-corrected chi connectivity index (χ1v) is 16.0. The van der Waals surface area contributed by atoms with E-state index >= 15 is 0 Å². The Morgan fingerprint density at radius 2 is 1.80 bits per heavy atom. The van der Waals surface area contributed by atoms with E-state index in [-0.39, 0.29) is 5.91 Å². The summed E-state index contributed by atoms with van der Waals surface area (Å²) >= 11 is 0. The van der Waals surface area contributed by atoms with Crippen molar-refractivity contribution in [3.63, 3.8) is 0 Å². The van der Waals surface area contributed by atoms with Crippen LogP contribution in [0.5, 0.6) is 0 Å². The summed E-state index contributed by atoms with van der Waals surface area (Å²) in [7, 11) is 1.85. The fraction of sp³-hybridized carbons (Fsp3) is 0.528. The number of likely N-dealkylation sites (tertiary alicyclic amines) is 1. The Hall–Kier alpha value is -3.05. The van der Waals surface area contributed by atoms with Gasteiger partial charge in [-0.3, -0.25) is 4.79 Å². The van der Waals surface area contributed by atoms with Crippen molar-refractivity contribution in [2.45, 2.75) is 89.8 Å². The maximum absolute atomic E-state index is 13.6. The van der Waals surface area contributed by atoms with Crippen LogP contribution in [0.2, 0.25) is 0 Å². The van der Waals surface area contributed by atoms with Gasteiger partial charge < -0.3 is 18.6 Å². The number of hydrogen-bond acceptors (Lipinski definition) is 3. The fourth-order valence-electron chi connectivity index (χ4n) is 8.41. The van der Waals surface area contributed by atoms with Gasteiger partial charge in [-0.2, -0.15) is 0 Å². The molecule has 4 aromatic rings. The number of methoxy groups -OCH3 is 1. The summed E-state index contributed by atoms with van der Waals surface area (Å²) in [5.41, 5.74) is 6.68. The highest BCUT2D eigenvalue weighted by molar-refractivity contribution is 6.00. The molecule has 4 aliphatic rings. The van der Waals surface area contributed by atoms with Crippen molar-refractivity contribution in [3.05, 3.63) is 59.2 Å². The maximum Gasteiger partial charge on any atom is 0.254 e. The average molecular weight is 551 g/mol. The van der Waals surface area contributed by atoms with E-state index in [0.29, 0.717) is 29.9 Å². The second-order valence-electron chi connectivity index (χ2n) is 13.6. The first kappa shape index (κ1) is 25.6. The molecule has 3 atom stereocenters. The van der Waals surface area contributed by atoms with Gasteiger partial charge in [0.25, 0.3) is 5.91 Å². The smallest absolute Gasteiger partial charge is 0.254 e. The van der Waals surface area contributed by atoms with Crippen molar-refractivity contribution < 1.29 is 13.9 Å². The zero-order valence-corrected chi connectivity index (χ0v) is 24.7. The zero-order valence-electron chi connectivity index (χ0n) is 24.7. The maximum atomic E-state index is 13.6. The highest BCUT2D eigenvalue weighted by atomic mass is 16.5. The molecule has 41 heavy (non-hydrogen) atoms. The average Bonchev–Trinajstić information content (AvgIpc) is 3.41. The Labute approximate surface area is 242 Å². The summed E-state index contributed by atoms with van der Waals surface area (Å²) in [5, 5.41) is 2.38. The first-order chi connectivity index (χ1) is 20.0. The number of aromatic nitrogens is 1. The number of fused-ring (bicyclic) bond motifs is 4. The molecule has 2 aromatic heterocycles. The minimum Gasteiger partial charge on any atom is -0.454 e. The molecule has 0 radical (unpaired) electrons. The molecule has 3 aliphatic carbocycles. The van der Waals surface area contributed by atoms with Crippen LogP contribution in [0.3, 0.4) is 0 Å². The monoisotopic (exact) mass is 550 g/mol. The van der Waals surface area contributed by atoms with Crippen molar-refractivity contribution in [1.29, 1.82) is 0 Å². The highest BCUT2D eigenvalue weighted by Crippen LogP contribution is 2.44. The van der Waals surface area contributed by atoms with E-state index in [4.69, 9.17) is 9.15 Å². The molecule has 5 heteroatoms. The number of hydrogen-bond donors (Lipinski definition) is 0. The number of carbonyl (C=O) groups is 1. The molecule has 3 heterocycles. The molecule has 0 spiro atoms. The normalized spacial score (nSPS) is 27.9. The summed E-state index contributed by atoms with van der Waals surface area (Å²) in [4.78, 5) is 15.7. The van der Waals surface area contributed by atoms with Gasteiger partial charge in [0.15, 0.2) is 5.76 Å². The molecule has 5 nitrogen and oxygen atoms in total. The Morgan fingerprint density at radius 1 is 0.976 bits per heavy atom. The molecular weight excluding hydrogens is 508 g/mol. The molecule has 4 fully saturated rings. The lowest BCUT2D eigenvalue weighted by Crippen LogP contribution is -2.38. The Balaban J connectivity index is 1.15. The van der Waals surface area contributed by atoms with Crippen molar-refractivity contribution in [1.82, 2.24) is 9.47 Å². The van der Waals surface area contributed by atoms with Crippen LogP contribution in [0.1, 0.15) is 85.7 Å². The molecule has 2 bridgehead atoms. The molecule has 0 N–H and O–H groups in total. The lowest BCUT2D eigenvalue weighted by Gasteiger charge is -2.28. The Kier molecular flexibility index (Phi) is 6.10. The summed E-state index contributed by atoms with van der Waals surface area (Å²) in [6.07, 6.45) is 10.1. The van der Waals surface area contributed by atoms with E-state index in [0.717, 1.165) is 66.1 Å². The summed E-state index contributed by atoms with van der Waals surface area (Å²) in [6.45, 7) is 6.43. The third-order valence-electron chi connectivity index (χ3n) is 11.2. The second kappa shape index (κ2) is 9.76. The van der Waals surface area contributed by atoms with Crippen LogP contribution in [0.25, 0.3) is 33.3 Å². The Morgan fingerprint density at radius 3 is 2.51 bits per heavy atom. The predicted molar refractivity (Wildman–Crippen MR) is 163 cm³/mol. The number of rotatable bonds is 6. The van der Waals surface area contributed by atoms with E-state index in [9.17, 15) is 4.79 Å². The number of aryl methyl sites for hydroxylation is 1. The standard InChI is InChI=1S/C36H42N2O3/c1-21-28-11-15-31(21)38(20-28)36(39)27-10-14-30-22(2)35(41-34(30)18-27)33-17-26-7-6-25(24-8-12-29(40-3)13-9-24)16-32(26)37(33)19-23-4-5-23/h6-7,10,14,16-18,21,23-24,28-29,31H,4-5,8-9,11-13,15,19-20H2,1-3H3/t21-,24?,28?,29?,31?/m1/s1. The quantitative estimate of drug-likeness (QED) is 0.243. The van der Waals surface area contributed by atoms with Gasteiger partial charge in [0.05, 0.1) is 11.8 Å². The van der Waals surface area contributed by atoms with Gasteiger partial charge in [0.1, 0.15) is 5.58 Å². The summed E-state index contributed by atoms with van der Waals surface area (Å²) < 4.78 is 14.8. The van der Waals surface area contributed by atoms with Gasteiger partial charge in [0, 0.05) is 53.7 Å². The van der Waals surface area contributed by atoms with E-state index in [2.05, 4.69) is 53.6 Å². The van der Waals surface area contributed by atoms with Crippen LogP contribution in [0, 0.1) is 24.7 Å². The van der Waals surface area contributed by atoms with Gasteiger partial charge in [0.2, 0.25) is 0 Å². The highest BCUT2D eigenvalue weighted by Gasteiger charge is 2.46. The minimum absolute atomic E-state index is 0.163. The zero-order chi connectivity index (χ0) is 27.8. The van der Waals surface area contributed by atoms with Gasteiger partial charge in [-0.25, -0.2) is 0 Å². The largest absolute Gasteiger partial charge is 0.454 e. The number of amides is 1. The van der Waals surface area contributed by atoms with Gasteiger partial charge in [-0.1, -0.05) is 25.1 Å². The van der Waals surface area contributed by atoms with Crippen LogP contribution in [-0.2, 0) is 11.3 Å². The van der Waals surface area contributed by atoms with Crippen LogP contribution < -0.4 is 0 Å². The molecule has 2 unspecified atom stereocenters. The number of piperidine rings is 1. The first-order valence-electron chi connectivity index (χ1n) is 16.0. The van der Waals surface area contributed by atoms with E-state index < -0.39 is 0 Å². The number of ether oxygens (including phenoxy) is 1. The number of nitrogens with zero attached hydrogens (tertiary/aromatic N) is 2. The van der Waals surface area contributed by atoms with Gasteiger partial charge in [-0.05, 0) is 112 Å².